The lowest BCUT2D eigenvalue weighted by molar-refractivity contribution is 0.102. The number of fused-ring (bicyclic) bond motifs is 1. The molecule has 1 aliphatic rings. The average Bonchev–Trinajstić information content (AvgIpc) is 2.90. The van der Waals surface area contributed by atoms with Gasteiger partial charge in [-0.3, -0.25) is 4.79 Å². The van der Waals surface area contributed by atoms with Crippen molar-refractivity contribution in [1.29, 1.82) is 0 Å². The van der Waals surface area contributed by atoms with Crippen LogP contribution in [0.25, 0.3) is 11.4 Å². The number of anilines is 2. The van der Waals surface area contributed by atoms with Gasteiger partial charge in [0.1, 0.15) is 5.82 Å². The second-order valence-electron chi connectivity index (χ2n) is 6.56. The zero-order valence-electron chi connectivity index (χ0n) is 14.9. The van der Waals surface area contributed by atoms with Gasteiger partial charge in [0.05, 0.1) is 0 Å². The molecule has 0 saturated heterocycles. The van der Waals surface area contributed by atoms with Gasteiger partial charge < -0.3 is 15.6 Å². The number of hydrogen-bond acceptors (Lipinski definition) is 4. The summed E-state index contributed by atoms with van der Waals surface area (Å²) in [4.78, 5) is 12.4. The van der Waals surface area contributed by atoms with Gasteiger partial charge in [-0.15, -0.1) is 22.6 Å². The number of nitrogens with one attached hydrogen (secondary N) is 1. The first-order chi connectivity index (χ1) is 12.7. The molecule has 0 fully saturated rings. The van der Waals surface area contributed by atoms with E-state index in [0.29, 0.717) is 11.3 Å². The van der Waals surface area contributed by atoms with E-state index < -0.39 is 0 Å². The molecule has 0 atom stereocenters. The normalized spacial score (nSPS) is 13.2. The van der Waals surface area contributed by atoms with Crippen molar-refractivity contribution in [2.75, 3.05) is 11.1 Å². The first-order valence-corrected chi connectivity index (χ1v) is 8.90. The fourth-order valence-corrected chi connectivity index (χ4v) is 3.32. The Balaban J connectivity index is 0.00000210. The molecule has 7 heteroatoms. The Morgan fingerprint density at radius 3 is 2.74 bits per heavy atom. The Morgan fingerprint density at radius 1 is 1.04 bits per heavy atom. The predicted octanol–water partition coefficient (Wildman–Crippen LogP) is 3.93. The highest BCUT2D eigenvalue weighted by Gasteiger charge is 2.16. The Morgan fingerprint density at radius 2 is 1.89 bits per heavy atom. The van der Waals surface area contributed by atoms with Gasteiger partial charge in [0, 0.05) is 35.5 Å². The Hall–Kier alpha value is -2.86. The minimum atomic E-state index is -0.186. The van der Waals surface area contributed by atoms with E-state index in [1.807, 2.05) is 24.3 Å². The molecule has 0 aliphatic carbocycles. The molecule has 2 aromatic carbocycles. The summed E-state index contributed by atoms with van der Waals surface area (Å²) in [5, 5.41) is 11.7. The van der Waals surface area contributed by atoms with E-state index in [4.69, 9.17) is 5.73 Å². The van der Waals surface area contributed by atoms with Crippen LogP contribution < -0.4 is 11.1 Å². The van der Waals surface area contributed by atoms with Crippen LogP contribution in [0, 0.1) is 0 Å². The Labute approximate surface area is 164 Å². The van der Waals surface area contributed by atoms with E-state index in [9.17, 15) is 4.79 Å². The number of nitrogens with two attached hydrogens (primary N) is 1. The summed E-state index contributed by atoms with van der Waals surface area (Å²) < 4.78 is 2.20. The molecule has 0 bridgehead atoms. The number of benzene rings is 2. The molecule has 0 radical (unpaired) electrons. The number of aryl methyl sites for hydroxylation is 1. The van der Waals surface area contributed by atoms with E-state index in [1.54, 1.807) is 24.3 Å². The number of carbonyl (C=O) groups excluding carboxylic acids is 1. The molecule has 3 aromatic rings. The van der Waals surface area contributed by atoms with Crippen molar-refractivity contribution in [1.82, 2.24) is 14.8 Å². The van der Waals surface area contributed by atoms with Gasteiger partial charge in [-0.25, -0.2) is 0 Å². The monoisotopic (exact) mass is 383 g/mol. The third kappa shape index (κ3) is 4.11. The molecule has 2 heterocycles. The number of aromatic nitrogens is 3. The van der Waals surface area contributed by atoms with Crippen molar-refractivity contribution < 1.29 is 4.79 Å². The topological polar surface area (TPSA) is 85.8 Å². The summed E-state index contributed by atoms with van der Waals surface area (Å²) in [5.41, 5.74) is 8.54. The van der Waals surface area contributed by atoms with Gasteiger partial charge in [0.15, 0.2) is 5.82 Å². The van der Waals surface area contributed by atoms with Gasteiger partial charge in [-0.1, -0.05) is 24.6 Å². The molecule has 0 saturated carbocycles. The number of nitrogens with zero attached hydrogens (tertiary/aromatic N) is 3. The maximum Gasteiger partial charge on any atom is 0.255 e. The number of rotatable bonds is 3. The average molecular weight is 384 g/mol. The van der Waals surface area contributed by atoms with Crippen molar-refractivity contribution in [2.24, 2.45) is 0 Å². The van der Waals surface area contributed by atoms with Crippen molar-refractivity contribution in [3.63, 3.8) is 0 Å². The second-order valence-corrected chi connectivity index (χ2v) is 6.56. The Kier molecular flexibility index (Phi) is 5.76. The first-order valence-electron chi connectivity index (χ1n) is 8.90. The number of hydrogen-bond donors (Lipinski definition) is 2. The third-order valence-electron chi connectivity index (χ3n) is 4.64. The fourth-order valence-electron chi connectivity index (χ4n) is 3.32. The zero-order valence-corrected chi connectivity index (χ0v) is 15.7. The molecule has 140 valence electrons. The van der Waals surface area contributed by atoms with Gasteiger partial charge in [-0.05, 0) is 43.2 Å². The van der Waals surface area contributed by atoms with Crippen molar-refractivity contribution >= 4 is 29.7 Å². The second kappa shape index (κ2) is 8.22. The van der Waals surface area contributed by atoms with Crippen molar-refractivity contribution in [3.8, 4) is 11.4 Å². The smallest absolute Gasteiger partial charge is 0.255 e. The van der Waals surface area contributed by atoms with Crippen molar-refractivity contribution in [2.45, 2.75) is 32.2 Å². The van der Waals surface area contributed by atoms with E-state index in [1.165, 1.54) is 6.42 Å². The van der Waals surface area contributed by atoms with E-state index in [2.05, 4.69) is 20.1 Å². The summed E-state index contributed by atoms with van der Waals surface area (Å²) >= 11 is 0. The highest BCUT2D eigenvalue weighted by molar-refractivity contribution is 6.05. The van der Waals surface area contributed by atoms with Gasteiger partial charge in [0.2, 0.25) is 0 Å². The third-order valence-corrected chi connectivity index (χ3v) is 4.64. The van der Waals surface area contributed by atoms with Crippen LogP contribution in [-0.2, 0) is 13.0 Å². The van der Waals surface area contributed by atoms with Gasteiger partial charge in [0.25, 0.3) is 5.91 Å². The maximum absolute atomic E-state index is 12.4. The molecule has 1 amide bonds. The SMILES string of the molecule is Cl.Nc1cccc(C(=O)Nc2cccc(-c3nnc4n3CCCCC4)c2)c1. The lowest BCUT2D eigenvalue weighted by atomic mass is 10.1. The van der Waals surface area contributed by atoms with Crippen LogP contribution in [0.1, 0.15) is 35.4 Å². The first kappa shape index (κ1) is 18.9. The van der Waals surface area contributed by atoms with Crippen LogP contribution in [0.3, 0.4) is 0 Å². The number of nitrogen functional groups attached to an aromatic ring is 1. The Bertz CT molecular complexity index is 953. The molecule has 27 heavy (non-hydrogen) atoms. The highest BCUT2D eigenvalue weighted by Crippen LogP contribution is 2.25. The summed E-state index contributed by atoms with van der Waals surface area (Å²) in [6.45, 7) is 0.942. The van der Waals surface area contributed by atoms with Crippen LogP contribution in [-0.4, -0.2) is 20.7 Å². The van der Waals surface area contributed by atoms with E-state index >= 15 is 0 Å². The summed E-state index contributed by atoms with van der Waals surface area (Å²) in [6, 6.07) is 14.7. The van der Waals surface area contributed by atoms with Crippen LogP contribution in [0.2, 0.25) is 0 Å². The fraction of sp³-hybridized carbons (Fsp3) is 0.250. The lowest BCUT2D eigenvalue weighted by Gasteiger charge is -2.10. The molecular formula is C20H22ClN5O. The van der Waals surface area contributed by atoms with Crippen LogP contribution in [0.4, 0.5) is 11.4 Å². The minimum Gasteiger partial charge on any atom is -0.399 e. The molecule has 4 rings (SSSR count). The number of halogens is 1. The van der Waals surface area contributed by atoms with Crippen molar-refractivity contribution in [3.05, 3.63) is 59.9 Å². The van der Waals surface area contributed by atoms with Crippen LogP contribution in [0.15, 0.2) is 48.5 Å². The summed E-state index contributed by atoms with van der Waals surface area (Å²) in [7, 11) is 0. The number of carbonyl (C=O) groups is 1. The van der Waals surface area contributed by atoms with Gasteiger partial charge in [-0.2, -0.15) is 0 Å². The molecule has 3 N–H and O–H groups in total. The quantitative estimate of drug-likeness (QED) is 0.671. The highest BCUT2D eigenvalue weighted by atomic mass is 35.5. The molecule has 6 nitrogen and oxygen atoms in total. The van der Waals surface area contributed by atoms with Crippen LogP contribution in [0.5, 0.6) is 0 Å². The predicted molar refractivity (Wildman–Crippen MR) is 109 cm³/mol. The molecule has 0 spiro atoms. The standard InChI is InChI=1S/C20H21N5O.ClH/c21-16-8-4-7-15(12-16)20(26)22-17-9-5-6-14(13-17)19-24-23-18-10-2-1-3-11-25(18)19;/h4-9,12-13H,1-3,10-11,21H2,(H,22,26);1H. The molecular weight excluding hydrogens is 362 g/mol. The van der Waals surface area contributed by atoms with E-state index in [0.717, 1.165) is 48.7 Å². The molecule has 0 unspecified atom stereocenters. The van der Waals surface area contributed by atoms with Gasteiger partial charge >= 0.3 is 0 Å². The molecule has 1 aliphatic heterocycles. The lowest BCUT2D eigenvalue weighted by Crippen LogP contribution is -2.12. The maximum atomic E-state index is 12.4. The zero-order chi connectivity index (χ0) is 17.9. The minimum absolute atomic E-state index is 0. The summed E-state index contributed by atoms with van der Waals surface area (Å²) in [5.74, 6) is 1.73. The summed E-state index contributed by atoms with van der Waals surface area (Å²) in [6.07, 6.45) is 4.50. The van der Waals surface area contributed by atoms with Crippen LogP contribution >= 0.6 is 12.4 Å². The van der Waals surface area contributed by atoms with E-state index in [-0.39, 0.29) is 18.3 Å². The number of amides is 1. The molecule has 1 aromatic heterocycles. The largest absolute Gasteiger partial charge is 0.399 e.